The maximum Gasteiger partial charge on any atom is 0.324 e. The molecular formula is C23H24O6. The number of ketones is 2. The molecule has 0 aliphatic heterocycles. The van der Waals surface area contributed by atoms with E-state index in [1.807, 2.05) is 30.3 Å². The Hall–Kier alpha value is -3.41. The monoisotopic (exact) mass is 396 g/mol. The highest BCUT2D eigenvalue weighted by molar-refractivity contribution is 6.20. The van der Waals surface area contributed by atoms with E-state index in [4.69, 9.17) is 14.2 Å². The summed E-state index contributed by atoms with van der Waals surface area (Å²) < 4.78 is 16.0. The lowest BCUT2D eigenvalue weighted by atomic mass is 9.99. The fourth-order valence-electron chi connectivity index (χ4n) is 2.63. The van der Waals surface area contributed by atoms with Gasteiger partial charge in [0.2, 0.25) is 0 Å². The third-order valence-corrected chi connectivity index (χ3v) is 4.08. The van der Waals surface area contributed by atoms with E-state index in [9.17, 15) is 14.4 Å². The second-order valence-corrected chi connectivity index (χ2v) is 6.22. The third kappa shape index (κ3) is 6.31. The van der Waals surface area contributed by atoms with Crippen LogP contribution in [0.1, 0.15) is 25.0 Å². The van der Waals surface area contributed by atoms with Crippen molar-refractivity contribution >= 4 is 23.6 Å². The van der Waals surface area contributed by atoms with E-state index in [-0.39, 0.29) is 6.61 Å². The van der Waals surface area contributed by atoms with Gasteiger partial charge in [0.1, 0.15) is 6.61 Å². The first-order valence-electron chi connectivity index (χ1n) is 9.20. The number of carbonyl (C=O) groups excluding carboxylic acids is 3. The molecule has 1 atom stereocenters. The highest BCUT2D eigenvalue weighted by Crippen LogP contribution is 2.29. The van der Waals surface area contributed by atoms with Crippen LogP contribution in [0.25, 0.3) is 6.08 Å². The molecule has 0 aromatic heterocycles. The first kappa shape index (κ1) is 21.9. The second kappa shape index (κ2) is 10.8. The van der Waals surface area contributed by atoms with Gasteiger partial charge in [-0.05, 0) is 43.2 Å². The normalized spacial score (nSPS) is 11.7. The lowest BCUT2D eigenvalue weighted by Gasteiger charge is -2.12. The van der Waals surface area contributed by atoms with Crippen molar-refractivity contribution in [2.75, 3.05) is 13.7 Å². The van der Waals surface area contributed by atoms with Crippen LogP contribution in [-0.2, 0) is 25.7 Å². The zero-order valence-corrected chi connectivity index (χ0v) is 16.7. The molecule has 2 aromatic carbocycles. The summed E-state index contributed by atoms with van der Waals surface area (Å²) >= 11 is 0. The zero-order chi connectivity index (χ0) is 21.2. The van der Waals surface area contributed by atoms with E-state index in [0.29, 0.717) is 23.7 Å². The summed E-state index contributed by atoms with van der Waals surface area (Å²) in [6, 6.07) is 14.9. The molecule has 2 rings (SSSR count). The standard InChI is InChI=1S/C23H24O6/c1-4-28-23(26)22(16(2)24)19(25)12-10-17-11-13-20(27-3)21(14-17)29-15-18-8-6-5-7-9-18/h5-14,22H,4,15H2,1-3H3/b12-10+/t22-/m0/s1. The van der Waals surface area contributed by atoms with Crippen LogP contribution in [0.3, 0.4) is 0 Å². The topological polar surface area (TPSA) is 78.9 Å². The van der Waals surface area contributed by atoms with Crippen molar-refractivity contribution in [1.82, 2.24) is 0 Å². The number of rotatable bonds is 10. The van der Waals surface area contributed by atoms with Gasteiger partial charge in [0, 0.05) is 0 Å². The van der Waals surface area contributed by atoms with Gasteiger partial charge in [0.15, 0.2) is 29.0 Å². The first-order chi connectivity index (χ1) is 14.0. The van der Waals surface area contributed by atoms with Crippen LogP contribution >= 0.6 is 0 Å². The first-order valence-corrected chi connectivity index (χ1v) is 9.20. The number of hydrogen-bond donors (Lipinski definition) is 0. The molecule has 0 bridgehead atoms. The van der Waals surface area contributed by atoms with Gasteiger partial charge in [-0.3, -0.25) is 14.4 Å². The summed E-state index contributed by atoms with van der Waals surface area (Å²) in [5.41, 5.74) is 1.66. The smallest absolute Gasteiger partial charge is 0.324 e. The SMILES string of the molecule is CCOC(=O)[C@@H](C(C)=O)C(=O)/C=C/c1ccc(OC)c(OCc2ccccc2)c1. The highest BCUT2D eigenvalue weighted by Gasteiger charge is 2.30. The molecule has 6 heteroatoms. The van der Waals surface area contributed by atoms with Gasteiger partial charge in [-0.25, -0.2) is 0 Å². The van der Waals surface area contributed by atoms with Crippen LogP contribution in [0.2, 0.25) is 0 Å². The number of ether oxygens (including phenoxy) is 3. The van der Waals surface area contributed by atoms with Crippen LogP contribution in [0, 0.1) is 5.92 Å². The second-order valence-electron chi connectivity index (χ2n) is 6.22. The van der Waals surface area contributed by atoms with Gasteiger partial charge in [0.05, 0.1) is 13.7 Å². The minimum Gasteiger partial charge on any atom is -0.493 e. The molecule has 0 saturated carbocycles. The molecule has 0 aliphatic rings. The summed E-state index contributed by atoms with van der Waals surface area (Å²) in [5.74, 6) is -2.40. The van der Waals surface area contributed by atoms with Crippen LogP contribution < -0.4 is 9.47 Å². The van der Waals surface area contributed by atoms with Gasteiger partial charge in [-0.15, -0.1) is 0 Å². The summed E-state index contributed by atoms with van der Waals surface area (Å²) in [6.45, 7) is 3.26. The fraction of sp³-hybridized carbons (Fsp3) is 0.261. The number of esters is 1. The quantitative estimate of drug-likeness (QED) is 0.347. The van der Waals surface area contributed by atoms with Crippen molar-refractivity contribution in [2.24, 2.45) is 5.92 Å². The van der Waals surface area contributed by atoms with Crippen molar-refractivity contribution in [3.63, 3.8) is 0 Å². The molecule has 0 radical (unpaired) electrons. The highest BCUT2D eigenvalue weighted by atomic mass is 16.5. The molecular weight excluding hydrogens is 372 g/mol. The van der Waals surface area contributed by atoms with Crippen LogP contribution in [0.4, 0.5) is 0 Å². The van der Waals surface area contributed by atoms with Crippen molar-refractivity contribution < 1.29 is 28.6 Å². The minimum absolute atomic E-state index is 0.0974. The minimum atomic E-state index is -1.45. The van der Waals surface area contributed by atoms with Crippen molar-refractivity contribution in [1.29, 1.82) is 0 Å². The van der Waals surface area contributed by atoms with E-state index in [0.717, 1.165) is 5.56 Å². The predicted octanol–water partition coefficient (Wildman–Crippen LogP) is 3.62. The Kier molecular flexibility index (Phi) is 8.15. The Morgan fingerprint density at radius 3 is 2.38 bits per heavy atom. The molecule has 0 N–H and O–H groups in total. The molecule has 0 heterocycles. The number of benzene rings is 2. The van der Waals surface area contributed by atoms with Crippen molar-refractivity contribution in [3.8, 4) is 11.5 Å². The lowest BCUT2D eigenvalue weighted by molar-refractivity contribution is -0.153. The van der Waals surface area contributed by atoms with E-state index < -0.39 is 23.5 Å². The van der Waals surface area contributed by atoms with Gasteiger partial charge in [0.25, 0.3) is 0 Å². The lowest BCUT2D eigenvalue weighted by Crippen LogP contribution is -2.30. The molecule has 0 amide bonds. The average molecular weight is 396 g/mol. The molecule has 0 aliphatic carbocycles. The molecule has 0 fully saturated rings. The molecule has 0 spiro atoms. The van der Waals surface area contributed by atoms with Crippen LogP contribution in [-0.4, -0.2) is 31.3 Å². The molecule has 0 unspecified atom stereocenters. The Morgan fingerprint density at radius 2 is 1.76 bits per heavy atom. The third-order valence-electron chi connectivity index (χ3n) is 4.08. The van der Waals surface area contributed by atoms with Crippen LogP contribution in [0.5, 0.6) is 11.5 Å². The fourth-order valence-corrected chi connectivity index (χ4v) is 2.63. The summed E-state index contributed by atoms with van der Waals surface area (Å²) in [7, 11) is 1.54. The molecule has 0 saturated heterocycles. The van der Waals surface area contributed by atoms with Gasteiger partial charge in [-0.1, -0.05) is 42.5 Å². The van der Waals surface area contributed by atoms with Crippen molar-refractivity contribution in [3.05, 3.63) is 65.7 Å². The zero-order valence-electron chi connectivity index (χ0n) is 16.7. The van der Waals surface area contributed by atoms with Gasteiger partial charge < -0.3 is 14.2 Å². The summed E-state index contributed by atoms with van der Waals surface area (Å²) in [5, 5.41) is 0. The Balaban J connectivity index is 2.16. The summed E-state index contributed by atoms with van der Waals surface area (Å²) in [6.07, 6.45) is 2.72. The van der Waals surface area contributed by atoms with E-state index >= 15 is 0 Å². The maximum absolute atomic E-state index is 12.3. The number of allylic oxidation sites excluding steroid dienone is 1. The average Bonchev–Trinajstić information content (AvgIpc) is 2.71. The predicted molar refractivity (Wildman–Crippen MR) is 109 cm³/mol. The van der Waals surface area contributed by atoms with Crippen LogP contribution in [0.15, 0.2) is 54.6 Å². The Bertz CT molecular complexity index is 885. The Morgan fingerprint density at radius 1 is 1.03 bits per heavy atom. The Labute approximate surface area is 170 Å². The van der Waals surface area contributed by atoms with Gasteiger partial charge in [-0.2, -0.15) is 0 Å². The largest absolute Gasteiger partial charge is 0.493 e. The van der Waals surface area contributed by atoms with Gasteiger partial charge >= 0.3 is 5.97 Å². The number of hydrogen-bond acceptors (Lipinski definition) is 6. The molecule has 6 nitrogen and oxygen atoms in total. The number of methoxy groups -OCH3 is 1. The number of carbonyl (C=O) groups is 3. The molecule has 152 valence electrons. The molecule has 2 aromatic rings. The van der Waals surface area contributed by atoms with E-state index in [2.05, 4.69) is 0 Å². The number of Topliss-reactive ketones (excluding diaryl/α,β-unsaturated/α-hetero) is 1. The maximum atomic E-state index is 12.3. The molecule has 29 heavy (non-hydrogen) atoms. The summed E-state index contributed by atoms with van der Waals surface area (Å²) in [4.78, 5) is 35.9. The van der Waals surface area contributed by atoms with Crippen molar-refractivity contribution in [2.45, 2.75) is 20.5 Å². The van der Waals surface area contributed by atoms with E-state index in [1.54, 1.807) is 32.2 Å². The van der Waals surface area contributed by atoms with E-state index in [1.165, 1.54) is 19.1 Å².